The monoisotopic (exact) mass is 343 g/mol. The van der Waals surface area contributed by atoms with E-state index in [1.54, 1.807) is 24.5 Å². The molecule has 24 heavy (non-hydrogen) atoms. The van der Waals surface area contributed by atoms with Crippen LogP contribution in [-0.2, 0) is 10.0 Å². The molecule has 7 heteroatoms. The highest BCUT2D eigenvalue weighted by molar-refractivity contribution is 7.89. The van der Waals surface area contributed by atoms with Gasteiger partial charge in [-0.05, 0) is 49.2 Å². The Kier molecular flexibility index (Phi) is 4.79. The zero-order valence-electron chi connectivity index (χ0n) is 13.0. The molecule has 1 aromatic carbocycles. The van der Waals surface area contributed by atoms with Crippen LogP contribution in [0, 0.1) is 11.3 Å². The summed E-state index contributed by atoms with van der Waals surface area (Å²) in [6.45, 7) is 0.781. The first-order valence-corrected chi connectivity index (χ1v) is 9.10. The minimum Gasteiger partial charge on any atom is -0.489 e. The third kappa shape index (κ3) is 3.55. The van der Waals surface area contributed by atoms with E-state index in [9.17, 15) is 8.42 Å². The zero-order chi connectivity index (χ0) is 17.0. The molecule has 1 fully saturated rings. The number of piperidine rings is 1. The lowest BCUT2D eigenvalue weighted by molar-refractivity contribution is 0.129. The topological polar surface area (TPSA) is 83.3 Å². The molecule has 3 rings (SSSR count). The van der Waals surface area contributed by atoms with Gasteiger partial charge in [0.25, 0.3) is 0 Å². The Hall–Kier alpha value is -2.43. The van der Waals surface area contributed by atoms with Crippen molar-refractivity contribution in [1.82, 2.24) is 9.29 Å². The van der Waals surface area contributed by atoms with Crippen LogP contribution in [0.2, 0.25) is 0 Å². The van der Waals surface area contributed by atoms with Crippen molar-refractivity contribution >= 4 is 10.0 Å². The van der Waals surface area contributed by atoms with E-state index in [-0.39, 0.29) is 11.0 Å². The number of ether oxygens (including phenoxy) is 1. The number of hydrogen-bond acceptors (Lipinski definition) is 5. The van der Waals surface area contributed by atoms with Gasteiger partial charge in [0.15, 0.2) is 0 Å². The van der Waals surface area contributed by atoms with Gasteiger partial charge >= 0.3 is 0 Å². The highest BCUT2D eigenvalue weighted by atomic mass is 32.2. The first kappa shape index (κ1) is 16.4. The van der Waals surface area contributed by atoms with Gasteiger partial charge in [-0.15, -0.1) is 0 Å². The fraction of sp³-hybridized carbons (Fsp3) is 0.294. The molecule has 0 saturated carbocycles. The molecule has 2 heterocycles. The maximum absolute atomic E-state index is 12.8. The van der Waals surface area contributed by atoms with Crippen LogP contribution in [0.4, 0.5) is 0 Å². The van der Waals surface area contributed by atoms with Gasteiger partial charge in [0.2, 0.25) is 10.0 Å². The predicted octanol–water partition coefficient (Wildman–Crippen LogP) is 2.19. The maximum atomic E-state index is 12.8. The molecular weight excluding hydrogens is 326 g/mol. The van der Waals surface area contributed by atoms with Gasteiger partial charge in [-0.1, -0.05) is 0 Å². The second kappa shape index (κ2) is 6.99. The normalized spacial score (nSPS) is 18.7. The first-order chi connectivity index (χ1) is 11.6. The molecule has 6 nitrogen and oxygen atoms in total. The van der Waals surface area contributed by atoms with E-state index in [0.29, 0.717) is 24.4 Å². The van der Waals surface area contributed by atoms with Crippen LogP contribution in [-0.4, -0.2) is 36.9 Å². The summed E-state index contributed by atoms with van der Waals surface area (Å²) in [5.41, 5.74) is 0.437. The molecule has 0 aliphatic carbocycles. The molecule has 1 aliphatic heterocycles. The summed E-state index contributed by atoms with van der Waals surface area (Å²) < 4.78 is 32.8. The summed E-state index contributed by atoms with van der Waals surface area (Å²) in [4.78, 5) is 4.14. The average molecular weight is 343 g/mol. The summed E-state index contributed by atoms with van der Waals surface area (Å²) in [6.07, 6.45) is 4.65. The van der Waals surface area contributed by atoms with E-state index in [4.69, 9.17) is 10.00 Å². The summed E-state index contributed by atoms with van der Waals surface area (Å²) in [6, 6.07) is 11.5. The molecule has 0 radical (unpaired) electrons. The van der Waals surface area contributed by atoms with E-state index >= 15 is 0 Å². The zero-order valence-corrected chi connectivity index (χ0v) is 13.8. The molecule has 0 bridgehead atoms. The molecule has 124 valence electrons. The van der Waals surface area contributed by atoms with Gasteiger partial charge in [-0.3, -0.25) is 4.98 Å². The van der Waals surface area contributed by atoms with E-state index in [1.165, 1.54) is 28.6 Å². The lowest BCUT2D eigenvalue weighted by atomic mass is 10.1. The Labute approximate surface area is 141 Å². The molecule has 0 N–H and O–H groups in total. The number of pyridine rings is 1. The molecule has 0 amide bonds. The number of hydrogen-bond donors (Lipinski definition) is 0. The summed E-state index contributed by atoms with van der Waals surface area (Å²) >= 11 is 0. The quantitative estimate of drug-likeness (QED) is 0.850. The van der Waals surface area contributed by atoms with Crippen LogP contribution in [0.5, 0.6) is 5.75 Å². The average Bonchev–Trinajstić information content (AvgIpc) is 2.63. The van der Waals surface area contributed by atoms with E-state index in [2.05, 4.69) is 4.98 Å². The standard InChI is InChI=1S/C17H17N3O3S/c18-12-14-3-5-17(6-4-14)24(21,22)20-11-1-2-16(13-20)23-15-7-9-19-10-8-15/h3-10,16H,1-2,11,13H2. The van der Waals surface area contributed by atoms with Gasteiger partial charge < -0.3 is 4.74 Å². The Bertz CT molecular complexity index is 830. The predicted molar refractivity (Wildman–Crippen MR) is 87.8 cm³/mol. The molecule has 1 unspecified atom stereocenters. The van der Waals surface area contributed by atoms with Crippen molar-refractivity contribution in [2.75, 3.05) is 13.1 Å². The molecule has 1 atom stereocenters. The molecule has 1 saturated heterocycles. The van der Waals surface area contributed by atoms with E-state index in [0.717, 1.165) is 12.8 Å². The number of nitrogens with zero attached hydrogens (tertiary/aromatic N) is 3. The number of benzene rings is 1. The second-order valence-electron chi connectivity index (χ2n) is 5.56. The second-order valence-corrected chi connectivity index (χ2v) is 7.50. The first-order valence-electron chi connectivity index (χ1n) is 7.66. The summed E-state index contributed by atoms with van der Waals surface area (Å²) in [5, 5.41) is 8.82. The Morgan fingerprint density at radius 3 is 2.54 bits per heavy atom. The van der Waals surface area contributed by atoms with Crippen LogP contribution >= 0.6 is 0 Å². The number of sulfonamides is 1. The van der Waals surface area contributed by atoms with Gasteiger partial charge in [-0.25, -0.2) is 8.42 Å². The van der Waals surface area contributed by atoms with Crippen molar-refractivity contribution in [2.24, 2.45) is 0 Å². The minimum absolute atomic E-state index is 0.186. The number of rotatable bonds is 4. The van der Waals surface area contributed by atoms with E-state index in [1.807, 2.05) is 6.07 Å². The van der Waals surface area contributed by atoms with E-state index < -0.39 is 10.0 Å². The van der Waals surface area contributed by atoms with Crippen molar-refractivity contribution in [3.63, 3.8) is 0 Å². The lowest BCUT2D eigenvalue weighted by Gasteiger charge is -2.32. The van der Waals surface area contributed by atoms with Crippen molar-refractivity contribution in [3.05, 3.63) is 54.4 Å². The largest absolute Gasteiger partial charge is 0.489 e. The van der Waals surface area contributed by atoms with Crippen LogP contribution < -0.4 is 4.74 Å². The SMILES string of the molecule is N#Cc1ccc(S(=O)(=O)N2CCCC(Oc3ccncc3)C2)cc1. The third-order valence-corrected chi connectivity index (χ3v) is 5.79. The highest BCUT2D eigenvalue weighted by Crippen LogP contribution is 2.23. The molecule has 0 spiro atoms. The third-order valence-electron chi connectivity index (χ3n) is 3.91. The minimum atomic E-state index is -3.58. The van der Waals surface area contributed by atoms with Crippen LogP contribution in [0.1, 0.15) is 18.4 Å². The Morgan fingerprint density at radius 2 is 1.88 bits per heavy atom. The molecule has 1 aliphatic rings. The fourth-order valence-corrected chi connectivity index (χ4v) is 4.19. The van der Waals surface area contributed by atoms with Crippen molar-refractivity contribution < 1.29 is 13.2 Å². The van der Waals surface area contributed by atoms with Gasteiger partial charge in [0.1, 0.15) is 11.9 Å². The fourth-order valence-electron chi connectivity index (χ4n) is 2.68. The molecule has 2 aromatic rings. The van der Waals surface area contributed by atoms with Crippen LogP contribution in [0.25, 0.3) is 0 Å². The number of aromatic nitrogens is 1. The smallest absolute Gasteiger partial charge is 0.243 e. The van der Waals surface area contributed by atoms with Gasteiger partial charge in [0.05, 0.1) is 23.1 Å². The summed E-state index contributed by atoms with van der Waals surface area (Å²) in [5.74, 6) is 0.688. The molecule has 1 aromatic heterocycles. The highest BCUT2D eigenvalue weighted by Gasteiger charge is 2.31. The molecular formula is C17H17N3O3S. The van der Waals surface area contributed by atoms with Crippen molar-refractivity contribution in [3.8, 4) is 11.8 Å². The summed E-state index contributed by atoms with van der Waals surface area (Å²) in [7, 11) is -3.58. The number of nitriles is 1. The lowest BCUT2D eigenvalue weighted by Crippen LogP contribution is -2.44. The van der Waals surface area contributed by atoms with Crippen LogP contribution in [0.3, 0.4) is 0 Å². The van der Waals surface area contributed by atoms with Gasteiger partial charge in [-0.2, -0.15) is 9.57 Å². The Balaban J connectivity index is 1.74. The Morgan fingerprint density at radius 1 is 1.17 bits per heavy atom. The van der Waals surface area contributed by atoms with Gasteiger partial charge in [0, 0.05) is 18.9 Å². The van der Waals surface area contributed by atoms with Crippen molar-refractivity contribution in [1.29, 1.82) is 5.26 Å². The maximum Gasteiger partial charge on any atom is 0.243 e. The van der Waals surface area contributed by atoms with Crippen LogP contribution in [0.15, 0.2) is 53.7 Å². The van der Waals surface area contributed by atoms with Crippen molar-refractivity contribution in [2.45, 2.75) is 23.8 Å².